The van der Waals surface area contributed by atoms with Gasteiger partial charge in [-0.3, -0.25) is 4.79 Å². The number of alkyl halides is 2. The van der Waals surface area contributed by atoms with Gasteiger partial charge in [-0.25, -0.2) is 9.97 Å². The Balaban J connectivity index is 1.90. The lowest BCUT2D eigenvalue weighted by atomic mass is 10.0. The number of aromatic nitrogens is 2. The number of Topliss-reactive ketones (excluding diaryl/α,β-unsaturated/α-hetero) is 1. The molecule has 3 aromatic rings. The smallest absolute Gasteiger partial charge is 0.388 e. The molecule has 1 atom stereocenters. The van der Waals surface area contributed by atoms with E-state index < -0.39 is 6.61 Å². The van der Waals surface area contributed by atoms with E-state index in [2.05, 4.69) is 14.7 Å². The Labute approximate surface area is 153 Å². The van der Waals surface area contributed by atoms with E-state index in [9.17, 15) is 13.6 Å². The van der Waals surface area contributed by atoms with Gasteiger partial charge >= 0.3 is 6.61 Å². The largest absolute Gasteiger partial charge is 0.417 e. The van der Waals surface area contributed by atoms with Gasteiger partial charge in [0.05, 0.1) is 15.2 Å². The summed E-state index contributed by atoms with van der Waals surface area (Å²) in [6.07, 6.45) is 2.16. The van der Waals surface area contributed by atoms with Crippen molar-refractivity contribution in [3.8, 4) is 17.0 Å². The Morgan fingerprint density at radius 1 is 1.31 bits per heavy atom. The van der Waals surface area contributed by atoms with Crippen LogP contribution in [0.15, 0.2) is 30.5 Å². The predicted octanol–water partition coefficient (Wildman–Crippen LogP) is 5.04. The third kappa shape index (κ3) is 4.04. The first kappa shape index (κ1) is 18.4. The normalized spacial score (nSPS) is 12.5. The first-order valence-corrected chi connectivity index (χ1v) is 8.97. The van der Waals surface area contributed by atoms with Gasteiger partial charge in [0.25, 0.3) is 0 Å². The molecule has 0 bridgehead atoms. The monoisotopic (exact) mass is 376 g/mol. The summed E-state index contributed by atoms with van der Waals surface area (Å²) in [6, 6.07) is 7.36. The SMILES string of the molecule is CC(=O)[C@H](C)Cc1nc2ccc(-c3cnc(OC(F)F)cc3C)cc2s1. The standard InChI is InChI=1S/C19H18F2N2O2S/c1-10(12(3)24)7-18-23-15-5-4-13(8-16(15)26-18)14-9-22-17(6-11(14)2)25-19(20)21/h4-6,8-10,19H,7H2,1-3H3/t10-/m1/s1. The maximum Gasteiger partial charge on any atom is 0.388 e. The van der Waals surface area contributed by atoms with Crippen LogP contribution in [0.3, 0.4) is 0 Å². The van der Waals surface area contributed by atoms with E-state index in [1.165, 1.54) is 12.3 Å². The average molecular weight is 376 g/mol. The van der Waals surface area contributed by atoms with Crippen LogP contribution in [-0.2, 0) is 11.2 Å². The van der Waals surface area contributed by atoms with Gasteiger partial charge in [-0.2, -0.15) is 8.78 Å². The van der Waals surface area contributed by atoms with Gasteiger partial charge in [0.15, 0.2) is 0 Å². The Morgan fingerprint density at radius 2 is 2.08 bits per heavy atom. The number of carbonyl (C=O) groups excluding carboxylic acids is 1. The minimum atomic E-state index is -2.89. The molecule has 0 radical (unpaired) electrons. The zero-order chi connectivity index (χ0) is 18.8. The second kappa shape index (κ2) is 7.45. The van der Waals surface area contributed by atoms with Gasteiger partial charge in [-0.15, -0.1) is 11.3 Å². The summed E-state index contributed by atoms with van der Waals surface area (Å²) >= 11 is 1.56. The third-order valence-electron chi connectivity index (χ3n) is 4.21. The number of thiazole rings is 1. The van der Waals surface area contributed by atoms with Crippen molar-refractivity contribution in [2.45, 2.75) is 33.8 Å². The molecule has 1 aromatic carbocycles. The molecule has 4 nitrogen and oxygen atoms in total. The lowest BCUT2D eigenvalue weighted by Gasteiger charge is -2.08. The van der Waals surface area contributed by atoms with Crippen LogP contribution in [0.25, 0.3) is 21.3 Å². The molecule has 2 aromatic heterocycles. The fraction of sp³-hybridized carbons (Fsp3) is 0.316. The van der Waals surface area contributed by atoms with E-state index in [4.69, 9.17) is 0 Å². The second-order valence-corrected chi connectivity index (χ2v) is 7.34. The van der Waals surface area contributed by atoms with Gasteiger partial charge in [0.1, 0.15) is 5.78 Å². The molecule has 136 valence electrons. The van der Waals surface area contributed by atoms with Crippen LogP contribution in [0.2, 0.25) is 0 Å². The van der Waals surface area contributed by atoms with E-state index >= 15 is 0 Å². The number of benzene rings is 1. The van der Waals surface area contributed by atoms with Gasteiger partial charge in [-0.1, -0.05) is 13.0 Å². The molecule has 0 unspecified atom stereocenters. The summed E-state index contributed by atoms with van der Waals surface area (Å²) in [5.41, 5.74) is 3.46. The fourth-order valence-electron chi connectivity index (χ4n) is 2.62. The van der Waals surface area contributed by atoms with Crippen LogP contribution in [0.4, 0.5) is 8.78 Å². The number of carbonyl (C=O) groups is 1. The van der Waals surface area contributed by atoms with E-state index in [-0.39, 0.29) is 17.6 Å². The molecular weight excluding hydrogens is 358 g/mol. The van der Waals surface area contributed by atoms with Gasteiger partial charge in [0.2, 0.25) is 5.88 Å². The highest BCUT2D eigenvalue weighted by Crippen LogP contribution is 2.31. The Morgan fingerprint density at radius 3 is 2.73 bits per heavy atom. The van der Waals surface area contributed by atoms with Crippen molar-refractivity contribution in [2.24, 2.45) is 5.92 Å². The van der Waals surface area contributed by atoms with E-state index in [1.54, 1.807) is 18.3 Å². The predicted molar refractivity (Wildman–Crippen MR) is 97.8 cm³/mol. The quantitative estimate of drug-likeness (QED) is 0.605. The van der Waals surface area contributed by atoms with Crippen LogP contribution in [0.1, 0.15) is 24.4 Å². The van der Waals surface area contributed by atoms with Gasteiger partial charge in [-0.05, 0) is 37.1 Å². The van der Waals surface area contributed by atoms with Crippen molar-refractivity contribution in [2.75, 3.05) is 0 Å². The molecule has 0 spiro atoms. The molecule has 0 aliphatic carbocycles. The van der Waals surface area contributed by atoms with Crippen molar-refractivity contribution >= 4 is 27.3 Å². The number of ether oxygens (including phenoxy) is 1. The topological polar surface area (TPSA) is 52.1 Å². The Hall–Kier alpha value is -2.41. The average Bonchev–Trinajstić information content (AvgIpc) is 2.95. The van der Waals surface area contributed by atoms with Crippen molar-refractivity contribution in [1.82, 2.24) is 9.97 Å². The molecule has 26 heavy (non-hydrogen) atoms. The van der Waals surface area contributed by atoms with Crippen molar-refractivity contribution < 1.29 is 18.3 Å². The molecule has 0 saturated heterocycles. The van der Waals surface area contributed by atoms with E-state index in [0.29, 0.717) is 6.42 Å². The molecule has 0 N–H and O–H groups in total. The minimum absolute atomic E-state index is 0.0520. The number of pyridine rings is 1. The maximum atomic E-state index is 12.3. The highest BCUT2D eigenvalue weighted by Gasteiger charge is 2.14. The summed E-state index contributed by atoms with van der Waals surface area (Å²) in [5.74, 6) is 0.00207. The molecule has 2 heterocycles. The van der Waals surface area contributed by atoms with Crippen LogP contribution in [-0.4, -0.2) is 22.4 Å². The summed E-state index contributed by atoms with van der Waals surface area (Å²) < 4.78 is 30.0. The molecule has 0 aliphatic rings. The number of nitrogens with zero attached hydrogens (tertiary/aromatic N) is 2. The minimum Gasteiger partial charge on any atom is -0.417 e. The molecule has 0 fully saturated rings. The first-order chi connectivity index (χ1) is 12.3. The van der Waals surface area contributed by atoms with Crippen LogP contribution < -0.4 is 4.74 Å². The molecule has 0 saturated carbocycles. The second-order valence-electron chi connectivity index (χ2n) is 6.22. The van der Waals surface area contributed by atoms with Crippen molar-refractivity contribution in [1.29, 1.82) is 0 Å². The maximum absolute atomic E-state index is 12.3. The Kier molecular flexibility index (Phi) is 5.27. The van der Waals surface area contributed by atoms with E-state index in [0.717, 1.165) is 31.9 Å². The van der Waals surface area contributed by atoms with Crippen molar-refractivity contribution in [3.63, 3.8) is 0 Å². The molecule has 3 rings (SSSR count). The van der Waals surface area contributed by atoms with Crippen molar-refractivity contribution in [3.05, 3.63) is 41.0 Å². The van der Waals surface area contributed by atoms with E-state index in [1.807, 2.05) is 32.0 Å². The van der Waals surface area contributed by atoms with Gasteiger partial charge < -0.3 is 4.74 Å². The van der Waals surface area contributed by atoms with Crippen LogP contribution in [0.5, 0.6) is 5.88 Å². The number of aryl methyl sites for hydroxylation is 1. The third-order valence-corrected chi connectivity index (χ3v) is 5.25. The summed E-state index contributed by atoms with van der Waals surface area (Å²) in [6.45, 7) is 2.43. The number of halogens is 2. The fourth-order valence-corrected chi connectivity index (χ4v) is 3.76. The molecule has 0 aliphatic heterocycles. The zero-order valence-electron chi connectivity index (χ0n) is 14.6. The number of rotatable bonds is 6. The van der Waals surface area contributed by atoms with Gasteiger partial charge in [0, 0.05) is 30.2 Å². The zero-order valence-corrected chi connectivity index (χ0v) is 15.4. The lowest BCUT2D eigenvalue weighted by Crippen LogP contribution is -2.08. The van der Waals surface area contributed by atoms with Crippen LogP contribution in [0, 0.1) is 12.8 Å². The molecule has 0 amide bonds. The number of hydrogen-bond acceptors (Lipinski definition) is 5. The van der Waals surface area contributed by atoms with Crippen LogP contribution >= 0.6 is 11.3 Å². The molecule has 7 heteroatoms. The molecular formula is C19H18F2N2O2S. The Bertz CT molecular complexity index is 956. The lowest BCUT2D eigenvalue weighted by molar-refractivity contribution is -0.120. The number of hydrogen-bond donors (Lipinski definition) is 0. The summed E-state index contributed by atoms with van der Waals surface area (Å²) in [7, 11) is 0. The number of fused-ring (bicyclic) bond motifs is 1. The highest BCUT2D eigenvalue weighted by atomic mass is 32.1. The summed E-state index contributed by atoms with van der Waals surface area (Å²) in [5, 5.41) is 0.926. The highest BCUT2D eigenvalue weighted by molar-refractivity contribution is 7.18. The summed E-state index contributed by atoms with van der Waals surface area (Å²) in [4.78, 5) is 20.0. The number of ketones is 1. The first-order valence-electron chi connectivity index (χ1n) is 8.15.